The fourth-order valence-electron chi connectivity index (χ4n) is 2.63. The average molecular weight is 315 g/mol. The molecule has 1 saturated heterocycles. The number of thioether (sulfide) groups is 1. The molecule has 2 aliphatic rings. The van der Waals surface area contributed by atoms with Crippen LogP contribution in [0.4, 0.5) is 0 Å². The van der Waals surface area contributed by atoms with Crippen molar-refractivity contribution in [3.05, 3.63) is 11.1 Å². The number of carbonyl (C=O) groups is 1. The van der Waals surface area contributed by atoms with E-state index in [0.717, 1.165) is 22.9 Å². The van der Waals surface area contributed by atoms with Gasteiger partial charge in [0.2, 0.25) is 0 Å². The van der Waals surface area contributed by atoms with Crippen molar-refractivity contribution in [2.24, 2.45) is 0 Å². The molecule has 1 saturated carbocycles. The van der Waals surface area contributed by atoms with E-state index in [1.165, 1.54) is 24.2 Å². The number of hydrogen-bond donors (Lipinski definition) is 1. The quantitative estimate of drug-likeness (QED) is 0.842. The van der Waals surface area contributed by atoms with Gasteiger partial charge in [-0.2, -0.15) is 0 Å². The van der Waals surface area contributed by atoms with Gasteiger partial charge in [-0.25, -0.2) is 4.98 Å². The molecule has 1 aromatic heterocycles. The second kappa shape index (κ2) is 6.01. The molecule has 0 radical (unpaired) electrons. The van der Waals surface area contributed by atoms with E-state index < -0.39 is 5.97 Å². The van der Waals surface area contributed by atoms with Crippen molar-refractivity contribution in [3.8, 4) is 0 Å². The van der Waals surface area contributed by atoms with Gasteiger partial charge in [0, 0.05) is 24.0 Å². The number of ether oxygens (including phenoxy) is 2. The third kappa shape index (κ3) is 3.33. The molecule has 1 N–H and O–H groups in total. The molecule has 2 fully saturated rings. The second-order valence-corrected chi connectivity index (χ2v) is 7.28. The van der Waals surface area contributed by atoms with Crippen LogP contribution in [0, 0.1) is 0 Å². The molecule has 1 aromatic rings. The Labute approximate surface area is 125 Å². The lowest BCUT2D eigenvalue weighted by atomic mass is 10.2. The Kier molecular flexibility index (Phi) is 4.30. The third-order valence-corrected chi connectivity index (χ3v) is 5.74. The first-order valence-electron chi connectivity index (χ1n) is 6.76. The van der Waals surface area contributed by atoms with E-state index in [1.54, 1.807) is 17.1 Å². The summed E-state index contributed by atoms with van der Waals surface area (Å²) in [6, 6.07) is 0. The number of carboxylic acids is 1. The van der Waals surface area contributed by atoms with Crippen LogP contribution in [0.5, 0.6) is 0 Å². The molecule has 2 heterocycles. The summed E-state index contributed by atoms with van der Waals surface area (Å²) in [5.74, 6) is -0.341. The van der Waals surface area contributed by atoms with Crippen LogP contribution in [0.1, 0.15) is 31.4 Å². The summed E-state index contributed by atoms with van der Waals surface area (Å²) in [7, 11) is 0. The first kappa shape index (κ1) is 14.3. The van der Waals surface area contributed by atoms with Gasteiger partial charge in [-0.05, 0) is 12.8 Å². The lowest BCUT2D eigenvalue weighted by Gasteiger charge is -2.21. The number of aromatic nitrogens is 1. The van der Waals surface area contributed by atoms with Gasteiger partial charge < -0.3 is 14.6 Å². The maximum Gasteiger partial charge on any atom is 0.309 e. The predicted molar refractivity (Wildman–Crippen MR) is 76.2 cm³/mol. The van der Waals surface area contributed by atoms with E-state index in [4.69, 9.17) is 14.6 Å². The molecule has 0 aromatic carbocycles. The number of nitrogens with zero attached hydrogens (tertiary/aromatic N) is 1. The van der Waals surface area contributed by atoms with Gasteiger partial charge in [0.25, 0.3) is 0 Å². The smallest absolute Gasteiger partial charge is 0.309 e. The maximum absolute atomic E-state index is 10.6. The van der Waals surface area contributed by atoms with Crippen LogP contribution in [0.3, 0.4) is 0 Å². The molecule has 1 atom stereocenters. The Hall–Kier alpha value is -0.630. The van der Waals surface area contributed by atoms with E-state index in [9.17, 15) is 4.79 Å². The Bertz CT molecular complexity index is 484. The van der Waals surface area contributed by atoms with Crippen molar-refractivity contribution in [2.75, 3.05) is 12.4 Å². The van der Waals surface area contributed by atoms with Crippen LogP contribution in [0.2, 0.25) is 0 Å². The monoisotopic (exact) mass is 315 g/mol. The van der Waals surface area contributed by atoms with Crippen molar-refractivity contribution >= 4 is 29.1 Å². The number of carboxylic acid groups (broad SMARTS) is 1. The molecule has 1 spiro atoms. The maximum atomic E-state index is 10.6. The number of aliphatic carboxylic acids is 1. The normalized spacial score (nSPS) is 24.5. The molecule has 1 unspecified atom stereocenters. The number of rotatable bonds is 5. The highest BCUT2D eigenvalue weighted by Gasteiger charge is 2.43. The van der Waals surface area contributed by atoms with Gasteiger partial charge in [0.1, 0.15) is 4.34 Å². The molecule has 5 nitrogen and oxygen atoms in total. The number of thiazole rings is 1. The molecule has 0 bridgehead atoms. The summed E-state index contributed by atoms with van der Waals surface area (Å²) in [5.41, 5.74) is 0.626. The average Bonchev–Trinajstić information content (AvgIpc) is 3.10. The molecule has 110 valence electrons. The lowest BCUT2D eigenvalue weighted by molar-refractivity contribution is -0.159. The highest BCUT2D eigenvalue weighted by atomic mass is 32.2. The standard InChI is InChI=1S/C13H17NO4S2/c15-11(16)5-9-7-19-12(14-9)20-8-10-6-17-13(18-10)3-1-2-4-13/h7,10H,1-6,8H2,(H,15,16). The molecule has 0 amide bonds. The first-order valence-corrected chi connectivity index (χ1v) is 8.62. The summed E-state index contributed by atoms with van der Waals surface area (Å²) in [6.07, 6.45) is 4.49. The van der Waals surface area contributed by atoms with Crippen LogP contribution in [-0.4, -0.2) is 40.3 Å². The third-order valence-electron chi connectivity index (χ3n) is 3.53. The van der Waals surface area contributed by atoms with Crippen molar-refractivity contribution in [3.63, 3.8) is 0 Å². The van der Waals surface area contributed by atoms with E-state index in [2.05, 4.69) is 4.98 Å². The van der Waals surface area contributed by atoms with E-state index in [0.29, 0.717) is 12.3 Å². The predicted octanol–water partition coefficient (Wildman–Crippen LogP) is 2.55. The highest BCUT2D eigenvalue weighted by molar-refractivity contribution is 8.01. The first-order chi connectivity index (χ1) is 9.65. The zero-order valence-corrected chi connectivity index (χ0v) is 12.7. The second-order valence-electron chi connectivity index (χ2n) is 5.15. The van der Waals surface area contributed by atoms with Crippen molar-refractivity contribution < 1.29 is 19.4 Å². The largest absolute Gasteiger partial charge is 0.481 e. The van der Waals surface area contributed by atoms with Crippen LogP contribution < -0.4 is 0 Å². The Morgan fingerprint density at radius 2 is 2.35 bits per heavy atom. The molecule has 1 aliphatic carbocycles. The molecular weight excluding hydrogens is 298 g/mol. The van der Waals surface area contributed by atoms with Gasteiger partial charge in [-0.1, -0.05) is 11.8 Å². The lowest BCUT2D eigenvalue weighted by Crippen LogP contribution is -2.27. The molecule has 1 aliphatic heterocycles. The zero-order chi connectivity index (χ0) is 14.0. The zero-order valence-electron chi connectivity index (χ0n) is 11.0. The minimum Gasteiger partial charge on any atom is -0.481 e. The van der Waals surface area contributed by atoms with Gasteiger partial charge >= 0.3 is 5.97 Å². The van der Waals surface area contributed by atoms with E-state index in [1.807, 2.05) is 0 Å². The van der Waals surface area contributed by atoms with Crippen LogP contribution in [0.15, 0.2) is 9.72 Å². The van der Waals surface area contributed by atoms with E-state index >= 15 is 0 Å². The topological polar surface area (TPSA) is 68.7 Å². The minimum absolute atomic E-state index is 0.0107. The van der Waals surface area contributed by atoms with Crippen LogP contribution in [0.25, 0.3) is 0 Å². The summed E-state index contributed by atoms with van der Waals surface area (Å²) in [4.78, 5) is 14.9. The van der Waals surface area contributed by atoms with Gasteiger partial charge in [-0.3, -0.25) is 4.79 Å². The SMILES string of the molecule is O=C(O)Cc1csc(SCC2COC3(CCCC3)O2)n1. The fourth-order valence-corrected chi connectivity index (χ4v) is 4.47. The Morgan fingerprint density at radius 3 is 3.10 bits per heavy atom. The summed E-state index contributed by atoms with van der Waals surface area (Å²) in [5, 5.41) is 10.5. The Balaban J connectivity index is 1.48. The van der Waals surface area contributed by atoms with E-state index in [-0.39, 0.29) is 18.3 Å². The molecule has 7 heteroatoms. The van der Waals surface area contributed by atoms with Crippen LogP contribution >= 0.6 is 23.1 Å². The summed E-state index contributed by atoms with van der Waals surface area (Å²) >= 11 is 3.11. The highest BCUT2D eigenvalue weighted by Crippen LogP contribution is 2.40. The van der Waals surface area contributed by atoms with Crippen molar-refractivity contribution in [1.29, 1.82) is 0 Å². The van der Waals surface area contributed by atoms with Gasteiger partial charge in [0.05, 0.1) is 24.8 Å². The molecule has 3 rings (SSSR count). The van der Waals surface area contributed by atoms with Gasteiger partial charge in [-0.15, -0.1) is 11.3 Å². The van der Waals surface area contributed by atoms with Crippen LogP contribution in [-0.2, 0) is 20.7 Å². The minimum atomic E-state index is -0.845. The Morgan fingerprint density at radius 1 is 1.55 bits per heavy atom. The number of hydrogen-bond acceptors (Lipinski definition) is 6. The van der Waals surface area contributed by atoms with Crippen molar-refractivity contribution in [1.82, 2.24) is 4.98 Å². The van der Waals surface area contributed by atoms with Crippen molar-refractivity contribution in [2.45, 2.75) is 48.3 Å². The summed E-state index contributed by atoms with van der Waals surface area (Å²) < 4.78 is 12.8. The molecular formula is C13H17NO4S2. The fraction of sp³-hybridized carbons (Fsp3) is 0.692. The summed E-state index contributed by atoms with van der Waals surface area (Å²) in [6.45, 7) is 0.653. The molecule has 20 heavy (non-hydrogen) atoms. The van der Waals surface area contributed by atoms with Gasteiger partial charge in [0.15, 0.2) is 5.79 Å².